The largest absolute Gasteiger partial charge is 0.146 e. The Bertz CT molecular complexity index is 1630. The summed E-state index contributed by atoms with van der Waals surface area (Å²) in [5.41, 5.74) is 9.83. The van der Waals surface area contributed by atoms with Crippen molar-refractivity contribution in [2.24, 2.45) is 5.92 Å². The van der Waals surface area contributed by atoms with Gasteiger partial charge in [0.25, 0.3) is 0 Å². The third kappa shape index (κ3) is 8.29. The van der Waals surface area contributed by atoms with E-state index in [0.29, 0.717) is 26.9 Å². The van der Waals surface area contributed by atoms with E-state index < -0.39 is 0 Å². The minimum Gasteiger partial charge on any atom is -0.146 e. The first-order valence-corrected chi connectivity index (χ1v) is 19.4. The first-order valence-electron chi connectivity index (χ1n) is 17.2. The Kier molecular flexibility index (Phi) is 10.9. The molecule has 2 heterocycles. The van der Waals surface area contributed by atoms with Gasteiger partial charge in [-0.1, -0.05) is 163 Å². The van der Waals surface area contributed by atoms with E-state index in [1.807, 2.05) is 0 Å². The van der Waals surface area contributed by atoms with Gasteiger partial charge in [0.2, 0.25) is 0 Å². The second-order valence-corrected chi connectivity index (χ2v) is 16.3. The van der Waals surface area contributed by atoms with Crippen LogP contribution in [-0.4, -0.2) is 0 Å². The van der Waals surface area contributed by atoms with E-state index in [9.17, 15) is 0 Å². The van der Waals surface area contributed by atoms with Crippen molar-refractivity contribution < 1.29 is 0 Å². The highest BCUT2D eigenvalue weighted by molar-refractivity contribution is 8.00. The zero-order chi connectivity index (χ0) is 31.8. The van der Waals surface area contributed by atoms with E-state index in [-0.39, 0.29) is 0 Å². The fourth-order valence-electron chi connectivity index (χ4n) is 7.27. The summed E-state index contributed by atoms with van der Waals surface area (Å²) in [4.78, 5) is 0. The molecule has 0 amide bonds. The molecule has 0 N–H and O–H groups in total. The third-order valence-electron chi connectivity index (χ3n) is 9.82. The van der Waals surface area contributed by atoms with E-state index in [4.69, 9.17) is 11.6 Å². The molecule has 1 aliphatic carbocycles. The van der Waals surface area contributed by atoms with Crippen LogP contribution in [-0.2, 0) is 0 Å². The van der Waals surface area contributed by atoms with Gasteiger partial charge in [-0.25, -0.2) is 0 Å². The summed E-state index contributed by atoms with van der Waals surface area (Å²) >= 11 is 11.5. The molecule has 0 bridgehead atoms. The molecule has 2 saturated heterocycles. The highest BCUT2D eigenvalue weighted by atomic mass is 35.5. The number of halogens is 1. The van der Waals surface area contributed by atoms with Crippen molar-refractivity contribution in [2.75, 3.05) is 0 Å². The van der Waals surface area contributed by atoms with Gasteiger partial charge in [0.1, 0.15) is 0 Å². The molecule has 4 atom stereocenters. The maximum atomic E-state index is 7.20. The Morgan fingerprint density at radius 2 is 0.979 bits per heavy atom. The zero-order valence-corrected chi connectivity index (χ0v) is 29.3. The molecule has 0 saturated carbocycles. The lowest BCUT2D eigenvalue weighted by atomic mass is 9.89. The van der Waals surface area contributed by atoms with Crippen molar-refractivity contribution in [1.82, 2.24) is 0 Å². The maximum absolute atomic E-state index is 7.20. The Balaban J connectivity index is 1.11. The predicted molar refractivity (Wildman–Crippen MR) is 206 cm³/mol. The van der Waals surface area contributed by atoms with Crippen LogP contribution >= 0.6 is 35.1 Å². The smallest absolute Gasteiger partial charge is 0.0469 e. The first kappa shape index (κ1) is 32.4. The summed E-state index contributed by atoms with van der Waals surface area (Å²) in [6.07, 6.45) is 17.4. The summed E-state index contributed by atoms with van der Waals surface area (Å²) in [6, 6.07) is 44.2. The van der Waals surface area contributed by atoms with E-state index in [2.05, 4.69) is 169 Å². The van der Waals surface area contributed by atoms with Crippen LogP contribution in [0.15, 0.2) is 167 Å². The van der Waals surface area contributed by atoms with Crippen LogP contribution in [0.5, 0.6) is 0 Å². The van der Waals surface area contributed by atoms with Crippen LogP contribution in [0.3, 0.4) is 0 Å². The molecule has 47 heavy (non-hydrogen) atoms. The second-order valence-electron chi connectivity index (χ2n) is 13.1. The SMILES string of the molecule is ClC1=C(/C=C/C2CC(c3ccccc3)SC(c3ccccc3)C2)CCC/C1=C/C=C1CC(c2ccccc2)SC(c2ccccc2)C1. The molecule has 238 valence electrons. The van der Waals surface area contributed by atoms with Gasteiger partial charge in [-0.15, -0.1) is 23.5 Å². The molecule has 0 spiro atoms. The van der Waals surface area contributed by atoms with Crippen LogP contribution in [0.2, 0.25) is 0 Å². The lowest BCUT2D eigenvalue weighted by molar-refractivity contribution is 0.509. The summed E-state index contributed by atoms with van der Waals surface area (Å²) in [5.74, 6) is 0.518. The van der Waals surface area contributed by atoms with Crippen molar-refractivity contribution in [1.29, 1.82) is 0 Å². The summed E-state index contributed by atoms with van der Waals surface area (Å²) in [7, 11) is 0. The molecule has 4 aromatic carbocycles. The number of hydrogen-bond donors (Lipinski definition) is 0. The average molecular weight is 671 g/mol. The monoisotopic (exact) mass is 670 g/mol. The van der Waals surface area contributed by atoms with Crippen LogP contribution in [0.25, 0.3) is 0 Å². The van der Waals surface area contributed by atoms with Crippen LogP contribution in [0, 0.1) is 5.92 Å². The van der Waals surface area contributed by atoms with Gasteiger partial charge < -0.3 is 0 Å². The number of rotatable bonds is 7. The lowest BCUT2D eigenvalue weighted by Gasteiger charge is -2.34. The van der Waals surface area contributed by atoms with E-state index in [1.165, 1.54) is 39.0 Å². The molecule has 0 aromatic heterocycles. The van der Waals surface area contributed by atoms with E-state index in [0.717, 1.165) is 50.0 Å². The molecule has 0 nitrogen and oxygen atoms in total. The summed E-state index contributed by atoms with van der Waals surface area (Å²) < 4.78 is 0. The van der Waals surface area contributed by atoms with Gasteiger partial charge in [-0.3, -0.25) is 0 Å². The highest BCUT2D eigenvalue weighted by Gasteiger charge is 2.31. The van der Waals surface area contributed by atoms with Crippen molar-refractivity contribution in [3.63, 3.8) is 0 Å². The number of benzene rings is 4. The van der Waals surface area contributed by atoms with Crippen molar-refractivity contribution >= 4 is 35.1 Å². The fourth-order valence-corrected chi connectivity index (χ4v) is 11.0. The molecular weight excluding hydrogens is 628 g/mol. The Morgan fingerprint density at radius 3 is 1.47 bits per heavy atom. The van der Waals surface area contributed by atoms with E-state index >= 15 is 0 Å². The Morgan fingerprint density at radius 1 is 0.532 bits per heavy atom. The molecule has 4 aromatic rings. The number of thioether (sulfide) groups is 2. The summed E-state index contributed by atoms with van der Waals surface area (Å²) in [5, 5.41) is 2.89. The van der Waals surface area contributed by atoms with Crippen molar-refractivity contribution in [3.8, 4) is 0 Å². The van der Waals surface area contributed by atoms with Crippen LogP contribution < -0.4 is 0 Å². The molecule has 0 radical (unpaired) electrons. The highest BCUT2D eigenvalue weighted by Crippen LogP contribution is 2.53. The molecular formula is C44H43ClS2. The van der Waals surface area contributed by atoms with Crippen LogP contribution in [0.1, 0.15) is 88.2 Å². The Labute approximate surface area is 295 Å². The zero-order valence-electron chi connectivity index (χ0n) is 26.9. The quantitative estimate of drug-likeness (QED) is 0.192. The summed E-state index contributed by atoms with van der Waals surface area (Å²) in [6.45, 7) is 0. The number of allylic oxidation sites excluding steroid dienone is 8. The van der Waals surface area contributed by atoms with Gasteiger partial charge in [-0.05, 0) is 84.3 Å². The van der Waals surface area contributed by atoms with Gasteiger partial charge in [0.05, 0.1) is 0 Å². The molecule has 2 fully saturated rings. The van der Waals surface area contributed by atoms with Gasteiger partial charge in [0.15, 0.2) is 0 Å². The lowest BCUT2D eigenvalue weighted by Crippen LogP contribution is -2.15. The van der Waals surface area contributed by atoms with E-state index in [1.54, 1.807) is 0 Å². The molecule has 7 rings (SSSR count). The third-order valence-corrected chi connectivity index (χ3v) is 13.4. The first-order chi connectivity index (χ1) is 23.2. The molecule has 3 aliphatic rings. The fraction of sp³-hybridized carbons (Fsp3) is 0.273. The van der Waals surface area contributed by atoms with Gasteiger partial charge in [0, 0.05) is 26.0 Å². The predicted octanol–water partition coefficient (Wildman–Crippen LogP) is 13.7. The minimum absolute atomic E-state index is 0.462. The van der Waals surface area contributed by atoms with Crippen molar-refractivity contribution in [3.05, 3.63) is 190 Å². The standard InChI is InChI=1S/C44H43ClS2/c45-44-38(26-24-32-28-40(34-14-5-1-6-15-34)46-41(29-32)35-16-7-2-8-17-35)22-13-23-39(44)27-25-33-30-42(36-18-9-3-10-19-36)47-43(31-33)37-20-11-4-12-21-37/h1-12,14-21,24-27,32,40-43H,13,22-23,28-31H2/b26-24+,33-25?,39-27-. The molecule has 4 unspecified atom stereocenters. The van der Waals surface area contributed by atoms with Gasteiger partial charge >= 0.3 is 0 Å². The van der Waals surface area contributed by atoms with Crippen LogP contribution in [0.4, 0.5) is 0 Å². The second kappa shape index (κ2) is 15.8. The average Bonchev–Trinajstić information content (AvgIpc) is 3.15. The normalized spacial score (nSPS) is 26.1. The molecule has 2 aliphatic heterocycles. The number of hydrogen-bond acceptors (Lipinski definition) is 2. The maximum Gasteiger partial charge on any atom is 0.0469 e. The Hall–Kier alpha value is -3.17. The molecule has 3 heteroatoms. The topological polar surface area (TPSA) is 0 Å². The van der Waals surface area contributed by atoms with Gasteiger partial charge in [-0.2, -0.15) is 0 Å². The van der Waals surface area contributed by atoms with Crippen molar-refractivity contribution in [2.45, 2.75) is 65.9 Å². The minimum atomic E-state index is 0.462.